The summed E-state index contributed by atoms with van der Waals surface area (Å²) in [5, 5.41) is 14.1. The summed E-state index contributed by atoms with van der Waals surface area (Å²) in [5.74, 6) is 0. The number of nitriles is 1. The van der Waals surface area contributed by atoms with Crippen LogP contribution in [-0.4, -0.2) is 19.7 Å². The highest BCUT2D eigenvalue weighted by Crippen LogP contribution is 2.38. The van der Waals surface area contributed by atoms with Crippen molar-refractivity contribution in [3.05, 3.63) is 40.3 Å². The Kier molecular flexibility index (Phi) is 4.23. The van der Waals surface area contributed by atoms with Gasteiger partial charge in [0.25, 0.3) is 0 Å². The third-order valence-electron chi connectivity index (χ3n) is 3.17. The summed E-state index contributed by atoms with van der Waals surface area (Å²) in [6.07, 6.45) is -3.27. The number of hydrogen-bond acceptors (Lipinski definition) is 5. The predicted octanol–water partition coefficient (Wildman–Crippen LogP) is 4.17. The van der Waals surface area contributed by atoms with Crippen LogP contribution >= 0.6 is 27.7 Å². The molecule has 0 saturated heterocycles. The number of aryl methyl sites for hydroxylation is 1. The summed E-state index contributed by atoms with van der Waals surface area (Å²) in [6.45, 7) is 0. The summed E-state index contributed by atoms with van der Waals surface area (Å²) in [6, 6.07) is 5.12. The number of benzene rings is 1. The van der Waals surface area contributed by atoms with Crippen LogP contribution in [0.4, 0.5) is 13.2 Å². The first kappa shape index (κ1) is 16.7. The van der Waals surface area contributed by atoms with Crippen LogP contribution in [0.1, 0.15) is 11.1 Å². The third-order valence-corrected chi connectivity index (χ3v) is 4.72. The molecule has 0 aliphatic carbocycles. The second-order valence-corrected chi connectivity index (χ2v) is 6.52. The van der Waals surface area contributed by atoms with Gasteiger partial charge in [0.2, 0.25) is 0 Å². The van der Waals surface area contributed by atoms with Crippen molar-refractivity contribution >= 4 is 38.7 Å². The molecule has 3 rings (SSSR count). The molecule has 122 valence electrons. The van der Waals surface area contributed by atoms with Gasteiger partial charge in [-0.3, -0.25) is 0 Å². The van der Waals surface area contributed by atoms with Crippen LogP contribution in [-0.2, 0) is 13.2 Å². The minimum absolute atomic E-state index is 0.317. The molecule has 0 bridgehead atoms. The van der Waals surface area contributed by atoms with E-state index in [1.807, 2.05) is 0 Å². The Morgan fingerprint density at radius 3 is 2.71 bits per heavy atom. The molecule has 0 aliphatic rings. The highest BCUT2D eigenvalue weighted by molar-refractivity contribution is 9.10. The van der Waals surface area contributed by atoms with Crippen molar-refractivity contribution in [1.82, 2.24) is 19.7 Å². The molecule has 0 N–H and O–H groups in total. The lowest BCUT2D eigenvalue weighted by molar-refractivity contribution is -0.137. The molecule has 0 aliphatic heterocycles. The monoisotopic (exact) mass is 413 g/mol. The highest BCUT2D eigenvalue weighted by Gasteiger charge is 2.34. The number of halogens is 4. The van der Waals surface area contributed by atoms with Gasteiger partial charge in [0, 0.05) is 11.9 Å². The third kappa shape index (κ3) is 2.97. The van der Waals surface area contributed by atoms with Gasteiger partial charge in [0.1, 0.15) is 16.0 Å². The number of hydrogen-bond donors (Lipinski definition) is 0. The molecule has 2 aromatic heterocycles. The van der Waals surface area contributed by atoms with Crippen molar-refractivity contribution in [2.75, 3.05) is 0 Å². The van der Waals surface area contributed by atoms with E-state index in [2.05, 4.69) is 31.0 Å². The Hall–Kier alpha value is -2.12. The predicted molar refractivity (Wildman–Crippen MR) is 84.3 cm³/mol. The first-order valence-electron chi connectivity index (χ1n) is 6.43. The second-order valence-electron chi connectivity index (χ2n) is 4.71. The molecule has 10 heteroatoms. The van der Waals surface area contributed by atoms with Gasteiger partial charge >= 0.3 is 6.18 Å². The summed E-state index contributed by atoms with van der Waals surface area (Å²) < 4.78 is 41.3. The van der Waals surface area contributed by atoms with Gasteiger partial charge in [-0.25, -0.2) is 14.6 Å². The van der Waals surface area contributed by atoms with Crippen LogP contribution < -0.4 is 0 Å². The zero-order valence-corrected chi connectivity index (χ0v) is 14.4. The first-order valence-corrected chi connectivity index (χ1v) is 8.04. The number of nitrogens with zero attached hydrogens (tertiary/aromatic N) is 5. The maximum Gasteiger partial charge on any atom is 0.417 e. The Labute approximate surface area is 146 Å². The van der Waals surface area contributed by atoms with E-state index in [0.29, 0.717) is 25.6 Å². The Morgan fingerprint density at radius 2 is 2.04 bits per heavy atom. The molecule has 0 unspecified atom stereocenters. The van der Waals surface area contributed by atoms with Crippen molar-refractivity contribution in [1.29, 1.82) is 5.26 Å². The molecular weight excluding hydrogens is 407 g/mol. The fraction of sp³-hybridized carbons (Fsp3) is 0.143. The second kappa shape index (κ2) is 6.07. The maximum absolute atomic E-state index is 13.1. The average Bonchev–Trinajstić information content (AvgIpc) is 2.82. The zero-order chi connectivity index (χ0) is 17.5. The van der Waals surface area contributed by atoms with Crippen molar-refractivity contribution in [3.8, 4) is 6.07 Å². The van der Waals surface area contributed by atoms with Crippen molar-refractivity contribution in [3.63, 3.8) is 0 Å². The standard InChI is InChI=1S/C14H7BrF3N5S/c1-23-12-10(11(15)22-23)13(21-6-20-12)24-8-3-2-7(5-19)9(4-8)14(16,17)18/h2-4,6H,1H3. The van der Waals surface area contributed by atoms with Crippen molar-refractivity contribution in [2.24, 2.45) is 7.05 Å². The maximum atomic E-state index is 13.1. The molecular formula is C14H7BrF3N5S. The molecule has 0 atom stereocenters. The van der Waals surface area contributed by atoms with E-state index >= 15 is 0 Å². The average molecular weight is 414 g/mol. The van der Waals surface area contributed by atoms with Crippen LogP contribution in [0.2, 0.25) is 0 Å². The Balaban J connectivity index is 2.09. The fourth-order valence-electron chi connectivity index (χ4n) is 2.12. The van der Waals surface area contributed by atoms with E-state index in [-0.39, 0.29) is 0 Å². The lowest BCUT2D eigenvalue weighted by Gasteiger charge is -2.10. The molecule has 0 radical (unpaired) electrons. The number of aromatic nitrogens is 4. The normalized spacial score (nSPS) is 11.7. The van der Waals surface area contributed by atoms with Gasteiger partial charge in [0.05, 0.1) is 22.6 Å². The van der Waals surface area contributed by atoms with Crippen LogP contribution in [0.15, 0.2) is 39.1 Å². The van der Waals surface area contributed by atoms with Gasteiger partial charge in [-0.05, 0) is 34.1 Å². The van der Waals surface area contributed by atoms with Crippen LogP contribution in [0.5, 0.6) is 0 Å². The molecule has 0 fully saturated rings. The van der Waals surface area contributed by atoms with Crippen LogP contribution in [0.3, 0.4) is 0 Å². The molecule has 5 nitrogen and oxygen atoms in total. The lowest BCUT2D eigenvalue weighted by atomic mass is 10.1. The zero-order valence-electron chi connectivity index (χ0n) is 12.0. The largest absolute Gasteiger partial charge is 0.417 e. The molecule has 24 heavy (non-hydrogen) atoms. The van der Waals surface area contributed by atoms with E-state index in [0.717, 1.165) is 23.9 Å². The van der Waals surface area contributed by atoms with Gasteiger partial charge in [-0.1, -0.05) is 11.8 Å². The van der Waals surface area contributed by atoms with Gasteiger partial charge in [-0.2, -0.15) is 23.5 Å². The van der Waals surface area contributed by atoms with Crippen molar-refractivity contribution < 1.29 is 13.2 Å². The van der Waals surface area contributed by atoms with Gasteiger partial charge in [-0.15, -0.1) is 0 Å². The quantitative estimate of drug-likeness (QED) is 0.589. The van der Waals surface area contributed by atoms with Crippen molar-refractivity contribution in [2.45, 2.75) is 16.1 Å². The summed E-state index contributed by atoms with van der Waals surface area (Å²) in [7, 11) is 1.71. The molecule has 0 saturated carbocycles. The molecule has 3 aromatic rings. The molecule has 2 heterocycles. The topological polar surface area (TPSA) is 67.4 Å². The number of alkyl halides is 3. The van der Waals surface area contributed by atoms with E-state index in [1.54, 1.807) is 17.8 Å². The summed E-state index contributed by atoms with van der Waals surface area (Å²) in [5.41, 5.74) is -0.822. The minimum Gasteiger partial charge on any atom is -0.249 e. The van der Waals surface area contributed by atoms with Gasteiger partial charge < -0.3 is 0 Å². The molecule has 0 amide bonds. The van der Waals surface area contributed by atoms with E-state index < -0.39 is 17.3 Å². The molecule has 0 spiro atoms. The summed E-state index contributed by atoms with van der Waals surface area (Å²) >= 11 is 4.35. The Morgan fingerprint density at radius 1 is 1.29 bits per heavy atom. The van der Waals surface area contributed by atoms with E-state index in [4.69, 9.17) is 5.26 Å². The van der Waals surface area contributed by atoms with E-state index in [1.165, 1.54) is 12.4 Å². The SMILES string of the molecule is Cn1nc(Br)c2c(Sc3ccc(C#N)c(C(F)(F)F)c3)ncnc21. The number of rotatable bonds is 2. The molecule has 1 aromatic carbocycles. The van der Waals surface area contributed by atoms with Crippen LogP contribution in [0, 0.1) is 11.3 Å². The fourth-order valence-corrected chi connectivity index (χ4v) is 3.78. The lowest BCUT2D eigenvalue weighted by Crippen LogP contribution is -2.07. The first-order chi connectivity index (χ1) is 11.3. The Bertz CT molecular complexity index is 977. The van der Waals surface area contributed by atoms with E-state index in [9.17, 15) is 13.2 Å². The van der Waals surface area contributed by atoms with Gasteiger partial charge in [0.15, 0.2) is 5.65 Å². The number of fused-ring (bicyclic) bond motifs is 1. The highest BCUT2D eigenvalue weighted by atomic mass is 79.9. The smallest absolute Gasteiger partial charge is 0.249 e. The summed E-state index contributed by atoms with van der Waals surface area (Å²) in [4.78, 5) is 8.56. The minimum atomic E-state index is -4.60. The van der Waals surface area contributed by atoms with Crippen LogP contribution in [0.25, 0.3) is 11.0 Å².